The van der Waals surface area contributed by atoms with Crippen LogP contribution < -0.4 is 16.8 Å². The van der Waals surface area contributed by atoms with Gasteiger partial charge in [0.25, 0.3) is 0 Å². The van der Waals surface area contributed by atoms with Crippen LogP contribution in [0.25, 0.3) is 0 Å². The lowest BCUT2D eigenvalue weighted by Crippen LogP contribution is -2.33. The summed E-state index contributed by atoms with van der Waals surface area (Å²) in [4.78, 5) is 11.3. The van der Waals surface area contributed by atoms with Crippen molar-refractivity contribution in [3.63, 3.8) is 0 Å². The Morgan fingerprint density at radius 1 is 1.28 bits per heavy atom. The van der Waals surface area contributed by atoms with Crippen molar-refractivity contribution in [3.8, 4) is 0 Å². The average Bonchev–Trinajstić information content (AvgIpc) is 2.34. The predicted octanol–water partition coefficient (Wildman–Crippen LogP) is 1.78. The van der Waals surface area contributed by atoms with Crippen LogP contribution in [-0.2, 0) is 0 Å². The lowest BCUT2D eigenvalue weighted by molar-refractivity contribution is 0.1000. The molecule has 18 heavy (non-hydrogen) atoms. The third kappa shape index (κ3) is 2.82. The second-order valence-corrected chi connectivity index (χ2v) is 5.10. The fourth-order valence-electron chi connectivity index (χ4n) is 2.54. The number of hydrogen-bond donors (Lipinski definition) is 3. The van der Waals surface area contributed by atoms with Gasteiger partial charge >= 0.3 is 0 Å². The number of carbonyl (C=O) groups is 1. The number of benzene rings is 1. The van der Waals surface area contributed by atoms with E-state index in [9.17, 15) is 4.79 Å². The van der Waals surface area contributed by atoms with Crippen LogP contribution >= 0.6 is 0 Å². The summed E-state index contributed by atoms with van der Waals surface area (Å²) in [6.45, 7) is 1.93. The van der Waals surface area contributed by atoms with Crippen molar-refractivity contribution in [2.75, 3.05) is 5.32 Å². The third-order valence-corrected chi connectivity index (χ3v) is 3.73. The zero-order chi connectivity index (χ0) is 13.1. The largest absolute Gasteiger partial charge is 0.382 e. The van der Waals surface area contributed by atoms with E-state index in [4.69, 9.17) is 11.5 Å². The number of nitrogens with one attached hydrogen (secondary N) is 1. The lowest BCUT2D eigenvalue weighted by atomic mass is 9.91. The molecule has 0 heterocycles. The van der Waals surface area contributed by atoms with E-state index in [0.29, 0.717) is 17.6 Å². The molecule has 1 fully saturated rings. The van der Waals surface area contributed by atoms with E-state index in [1.165, 1.54) is 0 Å². The molecule has 1 aromatic carbocycles. The maximum Gasteiger partial charge on any atom is 0.249 e. The molecule has 0 saturated heterocycles. The molecule has 1 aromatic rings. The van der Waals surface area contributed by atoms with Gasteiger partial charge in [0.2, 0.25) is 5.91 Å². The van der Waals surface area contributed by atoms with E-state index in [1.807, 2.05) is 19.1 Å². The van der Waals surface area contributed by atoms with Gasteiger partial charge in [0, 0.05) is 23.3 Å². The number of carbonyl (C=O) groups excluding carboxylic acids is 1. The van der Waals surface area contributed by atoms with Crippen molar-refractivity contribution in [1.29, 1.82) is 0 Å². The van der Waals surface area contributed by atoms with Gasteiger partial charge in [0.05, 0.1) is 0 Å². The molecule has 0 aliphatic heterocycles. The Morgan fingerprint density at radius 2 is 1.94 bits per heavy atom. The smallest absolute Gasteiger partial charge is 0.249 e. The van der Waals surface area contributed by atoms with Crippen molar-refractivity contribution in [2.45, 2.75) is 44.7 Å². The maximum absolute atomic E-state index is 11.3. The second-order valence-electron chi connectivity index (χ2n) is 5.10. The topological polar surface area (TPSA) is 81.1 Å². The minimum absolute atomic E-state index is 0.348. The van der Waals surface area contributed by atoms with E-state index < -0.39 is 0 Å². The van der Waals surface area contributed by atoms with E-state index in [0.717, 1.165) is 36.9 Å². The molecule has 98 valence electrons. The SMILES string of the molecule is Cc1c(NC2CCC(N)CC2)cccc1C(N)=O. The van der Waals surface area contributed by atoms with Gasteiger partial charge in [-0.05, 0) is 50.3 Å². The molecule has 0 atom stereocenters. The van der Waals surface area contributed by atoms with E-state index in [1.54, 1.807) is 6.07 Å². The van der Waals surface area contributed by atoms with Gasteiger partial charge in [-0.1, -0.05) is 6.07 Å². The molecule has 1 amide bonds. The van der Waals surface area contributed by atoms with E-state index in [2.05, 4.69) is 5.32 Å². The Morgan fingerprint density at radius 3 is 2.56 bits per heavy atom. The van der Waals surface area contributed by atoms with Crippen LogP contribution in [0.4, 0.5) is 5.69 Å². The van der Waals surface area contributed by atoms with Gasteiger partial charge < -0.3 is 16.8 Å². The number of rotatable bonds is 3. The maximum atomic E-state index is 11.3. The van der Waals surface area contributed by atoms with Crippen LogP contribution in [0.1, 0.15) is 41.6 Å². The summed E-state index contributed by atoms with van der Waals surface area (Å²) in [5, 5.41) is 3.50. The first-order chi connectivity index (χ1) is 8.58. The van der Waals surface area contributed by atoms with Crippen LogP contribution in [0.5, 0.6) is 0 Å². The molecule has 4 nitrogen and oxygen atoms in total. The normalized spacial score (nSPS) is 23.7. The van der Waals surface area contributed by atoms with Gasteiger partial charge in [0.1, 0.15) is 0 Å². The highest BCUT2D eigenvalue weighted by Gasteiger charge is 2.19. The van der Waals surface area contributed by atoms with Crippen LogP contribution in [0, 0.1) is 6.92 Å². The van der Waals surface area contributed by atoms with Crippen LogP contribution in [0.3, 0.4) is 0 Å². The van der Waals surface area contributed by atoms with Crippen LogP contribution in [0.15, 0.2) is 18.2 Å². The molecule has 1 aliphatic carbocycles. The first-order valence-electron chi connectivity index (χ1n) is 6.49. The summed E-state index contributed by atoms with van der Waals surface area (Å²) < 4.78 is 0. The Labute approximate surface area is 108 Å². The first kappa shape index (κ1) is 12.9. The number of nitrogens with two attached hydrogens (primary N) is 2. The molecule has 4 heteroatoms. The number of anilines is 1. The summed E-state index contributed by atoms with van der Waals surface area (Å²) in [7, 11) is 0. The number of amides is 1. The van der Waals surface area contributed by atoms with Crippen LogP contribution in [0.2, 0.25) is 0 Å². The van der Waals surface area contributed by atoms with E-state index in [-0.39, 0.29) is 5.91 Å². The fourth-order valence-corrected chi connectivity index (χ4v) is 2.54. The predicted molar refractivity (Wildman–Crippen MR) is 73.6 cm³/mol. The minimum atomic E-state index is -0.373. The van der Waals surface area contributed by atoms with Crippen LogP contribution in [-0.4, -0.2) is 18.0 Å². The standard InChI is InChI=1S/C14H21N3O/c1-9-12(14(16)18)3-2-4-13(9)17-11-7-5-10(15)6-8-11/h2-4,10-11,17H,5-8,15H2,1H3,(H2,16,18). The Hall–Kier alpha value is -1.55. The molecule has 1 saturated carbocycles. The zero-order valence-electron chi connectivity index (χ0n) is 10.8. The first-order valence-corrected chi connectivity index (χ1v) is 6.49. The number of hydrogen-bond acceptors (Lipinski definition) is 3. The number of primary amides is 1. The molecular weight excluding hydrogens is 226 g/mol. The molecule has 5 N–H and O–H groups in total. The van der Waals surface area contributed by atoms with Gasteiger partial charge in [-0.3, -0.25) is 4.79 Å². The Kier molecular flexibility index (Phi) is 3.87. The molecule has 0 unspecified atom stereocenters. The van der Waals surface area contributed by atoms with Crippen molar-refractivity contribution >= 4 is 11.6 Å². The minimum Gasteiger partial charge on any atom is -0.382 e. The molecule has 0 aromatic heterocycles. The molecule has 0 bridgehead atoms. The quantitative estimate of drug-likeness (QED) is 0.761. The average molecular weight is 247 g/mol. The van der Waals surface area contributed by atoms with Crippen molar-refractivity contribution < 1.29 is 4.79 Å². The molecule has 2 rings (SSSR count). The third-order valence-electron chi connectivity index (χ3n) is 3.73. The highest BCUT2D eigenvalue weighted by Crippen LogP contribution is 2.24. The van der Waals surface area contributed by atoms with Crippen molar-refractivity contribution in [2.24, 2.45) is 11.5 Å². The molecular formula is C14H21N3O. The second kappa shape index (κ2) is 5.40. The summed E-state index contributed by atoms with van der Waals surface area (Å²) in [5.74, 6) is -0.373. The van der Waals surface area contributed by atoms with Gasteiger partial charge in [-0.25, -0.2) is 0 Å². The van der Waals surface area contributed by atoms with Gasteiger partial charge in [0.15, 0.2) is 0 Å². The molecule has 0 radical (unpaired) electrons. The fraction of sp³-hybridized carbons (Fsp3) is 0.500. The Balaban J connectivity index is 2.10. The zero-order valence-corrected chi connectivity index (χ0v) is 10.8. The monoisotopic (exact) mass is 247 g/mol. The van der Waals surface area contributed by atoms with Crippen molar-refractivity contribution in [3.05, 3.63) is 29.3 Å². The van der Waals surface area contributed by atoms with Crippen molar-refractivity contribution in [1.82, 2.24) is 0 Å². The summed E-state index contributed by atoms with van der Waals surface area (Å²) in [5.41, 5.74) is 13.8. The Bertz CT molecular complexity index is 437. The van der Waals surface area contributed by atoms with E-state index >= 15 is 0 Å². The highest BCUT2D eigenvalue weighted by molar-refractivity contribution is 5.95. The molecule has 1 aliphatic rings. The lowest BCUT2D eigenvalue weighted by Gasteiger charge is -2.28. The van der Waals surface area contributed by atoms with Gasteiger partial charge in [-0.15, -0.1) is 0 Å². The highest BCUT2D eigenvalue weighted by atomic mass is 16.1. The summed E-state index contributed by atoms with van der Waals surface area (Å²) in [6.07, 6.45) is 4.29. The molecule has 0 spiro atoms. The van der Waals surface area contributed by atoms with Gasteiger partial charge in [-0.2, -0.15) is 0 Å². The summed E-state index contributed by atoms with van der Waals surface area (Å²) >= 11 is 0. The summed E-state index contributed by atoms with van der Waals surface area (Å²) in [6, 6.07) is 6.42.